The second kappa shape index (κ2) is 12.1. The van der Waals surface area contributed by atoms with Crippen LogP contribution in [0.15, 0.2) is 26.9 Å². The van der Waals surface area contributed by atoms with Gasteiger partial charge < -0.3 is 23.8 Å². The van der Waals surface area contributed by atoms with Gasteiger partial charge in [-0.2, -0.15) is 8.42 Å². The van der Waals surface area contributed by atoms with Gasteiger partial charge in [0.25, 0.3) is 15.7 Å². The molecule has 4 atom stereocenters. The Labute approximate surface area is 271 Å². The third-order valence-electron chi connectivity index (χ3n) is 9.92. The molecule has 1 aromatic heterocycles. The summed E-state index contributed by atoms with van der Waals surface area (Å²) in [6.07, 6.45) is -1.28. The maximum Gasteiger partial charge on any atom is 0.333 e. The molecule has 4 unspecified atom stereocenters. The van der Waals surface area contributed by atoms with E-state index in [9.17, 15) is 18.0 Å². The van der Waals surface area contributed by atoms with Crippen molar-refractivity contribution in [1.29, 1.82) is 0 Å². The Hall–Kier alpha value is -1.60. The van der Waals surface area contributed by atoms with E-state index in [4.69, 9.17) is 23.5 Å². The normalized spacial score (nSPS) is 26.1. The van der Waals surface area contributed by atoms with Crippen LogP contribution < -0.4 is 17.0 Å². The summed E-state index contributed by atoms with van der Waals surface area (Å²) in [6.45, 7) is 23.3. The van der Waals surface area contributed by atoms with Crippen molar-refractivity contribution in [3.05, 3.63) is 43.7 Å². The number of nitrogens with zero attached hydrogens (tertiary/aromatic N) is 3. The van der Waals surface area contributed by atoms with Gasteiger partial charge in [-0.1, -0.05) is 41.5 Å². The van der Waals surface area contributed by atoms with E-state index in [1.54, 1.807) is 6.92 Å². The molecule has 0 radical (unpaired) electrons. The molecule has 0 amide bonds. The Balaban J connectivity index is 2.26. The van der Waals surface area contributed by atoms with E-state index in [0.29, 0.717) is 16.5 Å². The minimum atomic E-state index is -4.21. The smallest absolute Gasteiger partial charge is 0.333 e. The summed E-state index contributed by atoms with van der Waals surface area (Å²) < 4.78 is 55.4. The van der Waals surface area contributed by atoms with E-state index < -0.39 is 56.5 Å². The molecule has 3 rings (SSSR count). The molecule has 1 spiro atoms. The number of ether oxygens (including phenoxy) is 1. The number of nitrogens with two attached hydrogens (primary N) is 1. The highest BCUT2D eigenvalue weighted by atomic mass is 32.2. The molecule has 0 aromatic carbocycles. The van der Waals surface area contributed by atoms with Crippen LogP contribution in [0.4, 0.5) is 0 Å². The lowest BCUT2D eigenvalue weighted by molar-refractivity contribution is -0.870. The first-order chi connectivity index (χ1) is 20.1. The van der Waals surface area contributed by atoms with Crippen LogP contribution in [0.2, 0.25) is 36.3 Å². The Morgan fingerprint density at radius 1 is 1.02 bits per heavy atom. The zero-order chi connectivity index (χ0) is 34.8. The molecule has 2 N–H and O–H groups in total. The molecule has 0 bridgehead atoms. The fourth-order valence-electron chi connectivity index (χ4n) is 5.05. The lowest BCUT2D eigenvalue weighted by Gasteiger charge is -2.43. The average Bonchev–Trinajstić information content (AvgIpc) is 3.26. The molecule has 2 aliphatic heterocycles. The van der Waals surface area contributed by atoms with Crippen LogP contribution in [0.3, 0.4) is 0 Å². The van der Waals surface area contributed by atoms with Crippen LogP contribution in [0.1, 0.15) is 59.8 Å². The highest BCUT2D eigenvalue weighted by Crippen LogP contribution is 2.52. The van der Waals surface area contributed by atoms with E-state index in [1.807, 2.05) is 34.2 Å². The summed E-state index contributed by atoms with van der Waals surface area (Å²) in [5, 5.41) is 0.462. The molecule has 0 aliphatic carbocycles. The highest BCUT2D eigenvalue weighted by molar-refractivity contribution is 7.90. The first-order valence-corrected chi connectivity index (χ1v) is 22.9. The monoisotopic (exact) mass is 689 g/mol. The number of aromatic nitrogens is 2. The van der Waals surface area contributed by atoms with Gasteiger partial charge in [-0.05, 0) is 43.2 Å². The first kappa shape index (κ1) is 37.9. The van der Waals surface area contributed by atoms with E-state index in [1.165, 1.54) is 15.3 Å². The van der Waals surface area contributed by atoms with Crippen molar-refractivity contribution in [3.63, 3.8) is 0 Å². The maximum atomic E-state index is 14.1. The van der Waals surface area contributed by atoms with E-state index in [2.05, 4.69) is 54.6 Å². The second-order valence-electron chi connectivity index (χ2n) is 16.7. The molecule has 1 saturated heterocycles. The summed E-state index contributed by atoms with van der Waals surface area (Å²) in [7, 11) is -3.11. The summed E-state index contributed by atoms with van der Waals surface area (Å²) in [6, 6.07) is 0. The fraction of sp³-hybridized carbons (Fsp3) is 0.800. The van der Waals surface area contributed by atoms with Crippen LogP contribution in [-0.2, 0) is 34.4 Å². The van der Waals surface area contributed by atoms with Crippen molar-refractivity contribution in [2.24, 2.45) is 5.73 Å². The SMILES string of the molecule is Cc1cn(C2OC(CO[Si](C)(C)C(C)(C)C)C3(OS(=O)(=O)C=C3N)C2O[Si](C)(C)C(C)(C)C)c(=O)n(CCC[N+](C)(C)C)c1=O. The van der Waals surface area contributed by atoms with Gasteiger partial charge in [-0.25, -0.2) is 8.98 Å². The van der Waals surface area contributed by atoms with Gasteiger partial charge in [0.2, 0.25) is 0 Å². The molecule has 3 heterocycles. The minimum absolute atomic E-state index is 0.0364. The first-order valence-electron chi connectivity index (χ1n) is 15.6. The largest absolute Gasteiger partial charge is 0.414 e. The number of rotatable bonds is 10. The lowest BCUT2D eigenvalue weighted by atomic mass is 9.89. The number of hydrogen-bond donors (Lipinski definition) is 1. The zero-order valence-corrected chi connectivity index (χ0v) is 32.6. The van der Waals surface area contributed by atoms with Crippen molar-refractivity contribution in [3.8, 4) is 0 Å². The number of hydrogen-bond acceptors (Lipinski definition) is 9. The Morgan fingerprint density at radius 2 is 1.58 bits per heavy atom. The van der Waals surface area contributed by atoms with Crippen LogP contribution in [0.25, 0.3) is 0 Å². The van der Waals surface area contributed by atoms with Crippen LogP contribution in [0, 0.1) is 6.92 Å². The standard InChI is InChI=1S/C30H57N4O8SSi2/c1-21-18-33(27(36)32(25(21)35)16-15-17-34(8,9)10)26-24(41-45(13,14)29(5,6)7)30(22(31)20-43(37,38)42-30)23(40-26)19-39-44(11,12)28(2,3)4/h18,20,23-24,26H,15-17,19,31H2,1-14H3/q+1. The van der Waals surface area contributed by atoms with Gasteiger partial charge in [0.1, 0.15) is 12.2 Å². The van der Waals surface area contributed by atoms with Crippen LogP contribution in [-0.4, -0.2) is 90.8 Å². The summed E-state index contributed by atoms with van der Waals surface area (Å²) in [5.41, 5.74) is 4.09. The van der Waals surface area contributed by atoms with Crippen molar-refractivity contribution < 1.29 is 30.7 Å². The molecule has 2 aliphatic rings. The molecule has 1 aromatic rings. The summed E-state index contributed by atoms with van der Waals surface area (Å²) in [4.78, 5) is 27.4. The van der Waals surface area contributed by atoms with Crippen LogP contribution >= 0.6 is 0 Å². The van der Waals surface area contributed by atoms with Crippen LogP contribution in [0.5, 0.6) is 0 Å². The lowest BCUT2D eigenvalue weighted by Crippen LogP contribution is -2.59. The fourth-order valence-corrected chi connectivity index (χ4v) is 8.56. The molecule has 12 nitrogen and oxygen atoms in total. The van der Waals surface area contributed by atoms with Gasteiger partial charge in [-0.3, -0.25) is 13.9 Å². The van der Waals surface area contributed by atoms with Gasteiger partial charge in [0.05, 0.1) is 45.4 Å². The molecule has 15 heteroatoms. The molecular formula is C30H57N4O8SSi2+. The predicted molar refractivity (Wildman–Crippen MR) is 181 cm³/mol. The van der Waals surface area contributed by atoms with Crippen molar-refractivity contribution in [2.75, 3.05) is 34.3 Å². The Morgan fingerprint density at radius 3 is 2.04 bits per heavy atom. The van der Waals surface area contributed by atoms with Gasteiger partial charge in [0.15, 0.2) is 28.5 Å². The third-order valence-corrected chi connectivity index (χ3v) is 19.9. The van der Waals surface area contributed by atoms with Gasteiger partial charge in [-0.15, -0.1) is 0 Å². The topological polar surface area (TPSA) is 141 Å². The second-order valence-corrected chi connectivity index (χ2v) is 27.6. The van der Waals surface area contributed by atoms with Crippen molar-refractivity contribution in [1.82, 2.24) is 9.13 Å². The molecular weight excluding hydrogens is 633 g/mol. The average molecular weight is 690 g/mol. The van der Waals surface area contributed by atoms with Crippen molar-refractivity contribution >= 4 is 26.8 Å². The maximum absolute atomic E-state index is 14.1. The number of aryl methyl sites for hydroxylation is 1. The third kappa shape index (κ3) is 7.61. The van der Waals surface area contributed by atoms with Gasteiger partial charge in [0, 0.05) is 24.7 Å². The zero-order valence-electron chi connectivity index (χ0n) is 29.8. The van der Waals surface area contributed by atoms with Gasteiger partial charge >= 0.3 is 5.69 Å². The molecule has 45 heavy (non-hydrogen) atoms. The summed E-state index contributed by atoms with van der Waals surface area (Å²) in [5.74, 6) is 0. The highest BCUT2D eigenvalue weighted by Gasteiger charge is 2.67. The van der Waals surface area contributed by atoms with Crippen molar-refractivity contribution in [2.45, 2.75) is 122 Å². The Kier molecular flexibility index (Phi) is 10.2. The quantitative estimate of drug-likeness (QED) is 0.222. The minimum Gasteiger partial charge on any atom is -0.414 e. The molecule has 1 fully saturated rings. The predicted octanol–water partition coefficient (Wildman–Crippen LogP) is 3.62. The molecule has 258 valence electrons. The van der Waals surface area contributed by atoms with E-state index >= 15 is 0 Å². The van der Waals surface area contributed by atoms with E-state index in [0.717, 1.165) is 12.0 Å². The summed E-state index contributed by atoms with van der Waals surface area (Å²) >= 11 is 0. The Bertz CT molecular complexity index is 1530. The number of quaternary nitrogens is 1. The van der Waals surface area contributed by atoms with E-state index in [-0.39, 0.29) is 34.5 Å². The molecule has 0 saturated carbocycles.